The molecular formula is C16H12N2O3S. The maximum atomic E-state index is 12.3. The van der Waals surface area contributed by atoms with Crippen molar-refractivity contribution < 1.29 is 4.92 Å². The van der Waals surface area contributed by atoms with E-state index >= 15 is 0 Å². The van der Waals surface area contributed by atoms with Gasteiger partial charge in [-0.2, -0.15) is 0 Å². The van der Waals surface area contributed by atoms with Crippen molar-refractivity contribution in [3.8, 4) is 0 Å². The zero-order valence-electron chi connectivity index (χ0n) is 11.7. The summed E-state index contributed by atoms with van der Waals surface area (Å²) in [5.41, 5.74) is -0.297. The van der Waals surface area contributed by atoms with E-state index in [4.69, 9.17) is 0 Å². The molecule has 0 fully saturated rings. The number of pyridine rings is 1. The van der Waals surface area contributed by atoms with Gasteiger partial charge in [0.1, 0.15) is 4.90 Å². The molecule has 110 valence electrons. The Kier molecular flexibility index (Phi) is 3.68. The van der Waals surface area contributed by atoms with E-state index in [1.54, 1.807) is 19.2 Å². The summed E-state index contributed by atoms with van der Waals surface area (Å²) in [7, 11) is 1.55. The van der Waals surface area contributed by atoms with E-state index in [1.165, 1.54) is 16.3 Å². The number of rotatable bonds is 3. The summed E-state index contributed by atoms with van der Waals surface area (Å²) in [6.45, 7) is 0. The summed E-state index contributed by atoms with van der Waals surface area (Å²) in [6, 6.07) is 16.5. The summed E-state index contributed by atoms with van der Waals surface area (Å²) in [4.78, 5) is 24.4. The zero-order chi connectivity index (χ0) is 15.7. The van der Waals surface area contributed by atoms with Gasteiger partial charge >= 0.3 is 11.2 Å². The number of benzene rings is 2. The molecule has 6 heteroatoms. The lowest BCUT2D eigenvalue weighted by Gasteiger charge is -2.10. The Morgan fingerprint density at radius 1 is 1.05 bits per heavy atom. The number of aryl methyl sites for hydroxylation is 1. The van der Waals surface area contributed by atoms with Crippen LogP contribution in [0.25, 0.3) is 10.9 Å². The maximum absolute atomic E-state index is 12.3. The van der Waals surface area contributed by atoms with Crippen LogP contribution in [0.15, 0.2) is 69.2 Å². The Hall–Kier alpha value is -2.60. The van der Waals surface area contributed by atoms with Crippen molar-refractivity contribution in [2.75, 3.05) is 0 Å². The summed E-state index contributed by atoms with van der Waals surface area (Å²) in [6.07, 6.45) is 0. The van der Waals surface area contributed by atoms with Crippen LogP contribution >= 0.6 is 11.8 Å². The molecule has 0 atom stereocenters. The number of nitrogens with zero attached hydrogens (tertiary/aromatic N) is 2. The van der Waals surface area contributed by atoms with E-state index in [0.717, 1.165) is 4.90 Å². The van der Waals surface area contributed by atoms with Gasteiger partial charge in [0.05, 0.1) is 10.4 Å². The van der Waals surface area contributed by atoms with Crippen molar-refractivity contribution in [3.05, 3.63) is 75.1 Å². The van der Waals surface area contributed by atoms with Crippen LogP contribution < -0.4 is 5.56 Å². The molecule has 0 aliphatic heterocycles. The fraction of sp³-hybridized carbons (Fsp3) is 0.0625. The van der Waals surface area contributed by atoms with Crippen molar-refractivity contribution in [3.63, 3.8) is 0 Å². The highest BCUT2D eigenvalue weighted by molar-refractivity contribution is 7.99. The molecule has 0 saturated heterocycles. The van der Waals surface area contributed by atoms with Gasteiger partial charge in [-0.15, -0.1) is 0 Å². The Labute approximate surface area is 130 Å². The van der Waals surface area contributed by atoms with E-state index in [-0.39, 0.29) is 5.69 Å². The minimum absolute atomic E-state index is 0.380. The normalized spacial score (nSPS) is 10.8. The second-order valence-corrected chi connectivity index (χ2v) is 5.82. The molecular weight excluding hydrogens is 300 g/mol. The number of hydrogen-bond donors (Lipinski definition) is 0. The molecule has 1 heterocycles. The highest BCUT2D eigenvalue weighted by atomic mass is 32.2. The van der Waals surface area contributed by atoms with Crippen LogP contribution in [-0.2, 0) is 7.05 Å². The zero-order valence-corrected chi connectivity index (χ0v) is 12.5. The average Bonchev–Trinajstić information content (AvgIpc) is 2.53. The highest BCUT2D eigenvalue weighted by Gasteiger charge is 2.25. The molecule has 3 aromatic rings. The number of para-hydroxylation sites is 1. The minimum Gasteiger partial charge on any atom is -0.305 e. The molecule has 0 aliphatic rings. The fourth-order valence-electron chi connectivity index (χ4n) is 2.32. The van der Waals surface area contributed by atoms with Gasteiger partial charge in [0.2, 0.25) is 0 Å². The van der Waals surface area contributed by atoms with E-state index in [2.05, 4.69) is 0 Å². The van der Waals surface area contributed by atoms with Crippen LogP contribution in [0.4, 0.5) is 5.69 Å². The Morgan fingerprint density at radius 3 is 2.36 bits per heavy atom. The lowest BCUT2D eigenvalue weighted by Crippen LogP contribution is -2.21. The fourth-order valence-corrected chi connectivity index (χ4v) is 3.39. The molecule has 22 heavy (non-hydrogen) atoms. The van der Waals surface area contributed by atoms with E-state index < -0.39 is 10.5 Å². The first kappa shape index (κ1) is 14.3. The minimum atomic E-state index is -0.597. The van der Waals surface area contributed by atoms with Crippen LogP contribution in [0.1, 0.15) is 0 Å². The summed E-state index contributed by atoms with van der Waals surface area (Å²) >= 11 is 1.24. The SMILES string of the molecule is Cn1c(=O)c([N+](=O)[O-])c(Sc2ccccc2)c2ccccc21. The van der Waals surface area contributed by atoms with Gasteiger partial charge in [-0.25, -0.2) is 0 Å². The highest BCUT2D eigenvalue weighted by Crippen LogP contribution is 2.37. The lowest BCUT2D eigenvalue weighted by atomic mass is 10.2. The summed E-state index contributed by atoms with van der Waals surface area (Å²) in [5.74, 6) is 0. The molecule has 0 amide bonds. The van der Waals surface area contributed by atoms with Crippen LogP contribution in [0.3, 0.4) is 0 Å². The average molecular weight is 312 g/mol. The molecule has 0 unspecified atom stereocenters. The van der Waals surface area contributed by atoms with Crippen molar-refractivity contribution in [1.29, 1.82) is 0 Å². The topological polar surface area (TPSA) is 65.1 Å². The first-order valence-electron chi connectivity index (χ1n) is 6.58. The van der Waals surface area contributed by atoms with Gasteiger partial charge in [0, 0.05) is 17.3 Å². The number of hydrogen-bond acceptors (Lipinski definition) is 4. The second-order valence-electron chi connectivity index (χ2n) is 4.73. The molecule has 2 aromatic carbocycles. The first-order chi connectivity index (χ1) is 10.6. The van der Waals surface area contributed by atoms with E-state index in [1.807, 2.05) is 42.5 Å². The molecule has 1 aromatic heterocycles. The Balaban J connectivity index is 2.35. The van der Waals surface area contributed by atoms with Gasteiger partial charge in [-0.05, 0) is 18.2 Å². The molecule has 5 nitrogen and oxygen atoms in total. The summed E-state index contributed by atoms with van der Waals surface area (Å²) in [5, 5.41) is 12.1. The van der Waals surface area contributed by atoms with Crippen LogP contribution in [-0.4, -0.2) is 9.49 Å². The van der Waals surface area contributed by atoms with Gasteiger partial charge in [-0.1, -0.05) is 48.2 Å². The second kappa shape index (κ2) is 5.65. The van der Waals surface area contributed by atoms with Crippen molar-refractivity contribution in [2.24, 2.45) is 7.05 Å². The van der Waals surface area contributed by atoms with Gasteiger partial charge in [-0.3, -0.25) is 14.9 Å². The number of nitro groups is 1. The predicted octanol–water partition coefficient (Wildman–Crippen LogP) is 3.60. The van der Waals surface area contributed by atoms with Crippen LogP contribution in [0, 0.1) is 10.1 Å². The molecule has 3 rings (SSSR count). The standard InChI is InChI=1S/C16H12N2O3S/c1-17-13-10-6-5-9-12(13)15(14(16(17)19)18(20)21)22-11-7-3-2-4-8-11/h2-10H,1H3. The largest absolute Gasteiger partial charge is 0.348 e. The number of aromatic nitrogens is 1. The molecule has 0 aliphatic carbocycles. The smallest absolute Gasteiger partial charge is 0.305 e. The van der Waals surface area contributed by atoms with E-state index in [0.29, 0.717) is 15.8 Å². The first-order valence-corrected chi connectivity index (χ1v) is 7.40. The molecule has 0 spiro atoms. The molecule has 0 radical (unpaired) electrons. The van der Waals surface area contributed by atoms with Crippen LogP contribution in [0.5, 0.6) is 0 Å². The van der Waals surface area contributed by atoms with Gasteiger partial charge < -0.3 is 4.57 Å². The predicted molar refractivity (Wildman–Crippen MR) is 86.4 cm³/mol. The van der Waals surface area contributed by atoms with E-state index in [9.17, 15) is 14.9 Å². The summed E-state index contributed by atoms with van der Waals surface area (Å²) < 4.78 is 1.32. The lowest BCUT2D eigenvalue weighted by molar-refractivity contribution is -0.389. The van der Waals surface area contributed by atoms with Crippen molar-refractivity contribution in [1.82, 2.24) is 4.57 Å². The van der Waals surface area contributed by atoms with Gasteiger partial charge in [0.25, 0.3) is 0 Å². The van der Waals surface area contributed by atoms with Gasteiger partial charge in [0.15, 0.2) is 0 Å². The third-order valence-corrected chi connectivity index (χ3v) is 4.50. The third-order valence-electron chi connectivity index (χ3n) is 3.38. The third kappa shape index (κ3) is 2.37. The van der Waals surface area contributed by atoms with Crippen molar-refractivity contribution in [2.45, 2.75) is 9.79 Å². The molecule has 0 bridgehead atoms. The monoisotopic (exact) mass is 312 g/mol. The van der Waals surface area contributed by atoms with Crippen molar-refractivity contribution >= 4 is 28.4 Å². The molecule has 0 N–H and O–H groups in total. The Bertz CT molecular complexity index is 920. The Morgan fingerprint density at radius 2 is 1.68 bits per heavy atom. The quantitative estimate of drug-likeness (QED) is 0.547. The maximum Gasteiger partial charge on any atom is 0.348 e. The molecule has 0 saturated carbocycles. The van der Waals surface area contributed by atoms with Crippen LogP contribution in [0.2, 0.25) is 0 Å². The number of fused-ring (bicyclic) bond motifs is 1.